The van der Waals surface area contributed by atoms with Crippen molar-refractivity contribution in [3.63, 3.8) is 0 Å². The fraction of sp³-hybridized carbons (Fsp3) is 0.125. The number of furan rings is 1. The van der Waals surface area contributed by atoms with Crippen LogP contribution in [0.15, 0.2) is 28.2 Å². The van der Waals surface area contributed by atoms with Gasteiger partial charge in [-0.2, -0.15) is 0 Å². The second-order valence-corrected chi connectivity index (χ2v) is 3.12. The zero-order chi connectivity index (χ0) is 8.39. The molecule has 3 nitrogen and oxygen atoms in total. The van der Waals surface area contributed by atoms with Gasteiger partial charge in [0, 0.05) is 12.4 Å². The summed E-state index contributed by atoms with van der Waals surface area (Å²) in [6.45, 7) is 0. The van der Waals surface area contributed by atoms with Crippen LogP contribution in [0.5, 0.6) is 0 Å². The van der Waals surface area contributed by atoms with Crippen LogP contribution in [0.2, 0.25) is 0 Å². The Morgan fingerprint density at radius 2 is 2.50 bits per heavy atom. The van der Waals surface area contributed by atoms with Gasteiger partial charge in [-0.1, -0.05) is 0 Å². The van der Waals surface area contributed by atoms with Crippen molar-refractivity contribution < 1.29 is 4.42 Å². The molecule has 0 saturated heterocycles. The van der Waals surface area contributed by atoms with Gasteiger partial charge in [0.15, 0.2) is 10.9 Å². The Morgan fingerprint density at radius 3 is 3.08 bits per heavy atom. The highest BCUT2D eigenvalue weighted by molar-refractivity contribution is 7.14. The molecule has 12 heavy (non-hydrogen) atoms. The quantitative estimate of drug-likeness (QED) is 0.771. The predicted molar refractivity (Wildman–Crippen MR) is 49.4 cm³/mol. The second kappa shape index (κ2) is 2.98. The number of anilines is 1. The number of aromatic nitrogens is 1. The molecule has 0 fully saturated rings. The van der Waals surface area contributed by atoms with Gasteiger partial charge >= 0.3 is 0 Å². The number of rotatable bonds is 2. The number of nitrogens with one attached hydrogen (secondary N) is 1. The van der Waals surface area contributed by atoms with Gasteiger partial charge in [0.05, 0.1) is 6.26 Å². The van der Waals surface area contributed by atoms with Gasteiger partial charge in [0.25, 0.3) is 0 Å². The molecule has 4 heteroatoms. The molecule has 2 heterocycles. The van der Waals surface area contributed by atoms with Gasteiger partial charge < -0.3 is 9.73 Å². The highest BCUT2D eigenvalue weighted by atomic mass is 32.1. The van der Waals surface area contributed by atoms with Crippen molar-refractivity contribution in [1.82, 2.24) is 4.98 Å². The summed E-state index contributed by atoms with van der Waals surface area (Å²) in [5.41, 5.74) is 0.884. The SMILES string of the molecule is CNc1nc(-c2ccco2)cs1. The van der Waals surface area contributed by atoms with E-state index >= 15 is 0 Å². The standard InChI is InChI=1S/C8H8N2OS/c1-9-8-10-6(5-12-8)7-3-2-4-11-7/h2-5H,1H3,(H,9,10). The van der Waals surface area contributed by atoms with Crippen LogP contribution in [-0.4, -0.2) is 12.0 Å². The lowest BCUT2D eigenvalue weighted by atomic mass is 10.4. The van der Waals surface area contributed by atoms with Crippen molar-refractivity contribution in [3.05, 3.63) is 23.8 Å². The highest BCUT2D eigenvalue weighted by Gasteiger charge is 2.04. The van der Waals surface area contributed by atoms with E-state index < -0.39 is 0 Å². The molecule has 1 N–H and O–H groups in total. The lowest BCUT2D eigenvalue weighted by Gasteiger charge is -1.88. The first-order valence-corrected chi connectivity index (χ1v) is 4.45. The molecule has 0 aliphatic heterocycles. The molecular formula is C8H8N2OS. The number of nitrogens with zero attached hydrogens (tertiary/aromatic N) is 1. The fourth-order valence-corrected chi connectivity index (χ4v) is 1.59. The van der Waals surface area contributed by atoms with Gasteiger partial charge in [-0.25, -0.2) is 4.98 Å². The first-order valence-electron chi connectivity index (χ1n) is 3.57. The third-order valence-electron chi connectivity index (χ3n) is 1.49. The van der Waals surface area contributed by atoms with E-state index in [1.807, 2.05) is 24.6 Å². The van der Waals surface area contributed by atoms with E-state index in [1.54, 1.807) is 17.6 Å². The van der Waals surface area contributed by atoms with Crippen molar-refractivity contribution in [2.45, 2.75) is 0 Å². The van der Waals surface area contributed by atoms with Crippen molar-refractivity contribution in [2.24, 2.45) is 0 Å². The molecule has 0 spiro atoms. The Kier molecular flexibility index (Phi) is 1.83. The van der Waals surface area contributed by atoms with E-state index in [2.05, 4.69) is 10.3 Å². The van der Waals surface area contributed by atoms with E-state index in [0.29, 0.717) is 0 Å². The molecule has 0 aromatic carbocycles. The van der Waals surface area contributed by atoms with Crippen molar-refractivity contribution in [1.29, 1.82) is 0 Å². The Balaban J connectivity index is 2.35. The lowest BCUT2D eigenvalue weighted by molar-refractivity contribution is 0.580. The predicted octanol–water partition coefficient (Wildman–Crippen LogP) is 2.44. The van der Waals surface area contributed by atoms with Crippen LogP contribution in [0.3, 0.4) is 0 Å². The third kappa shape index (κ3) is 1.21. The Labute approximate surface area is 74.1 Å². The van der Waals surface area contributed by atoms with E-state index in [9.17, 15) is 0 Å². The maximum Gasteiger partial charge on any atom is 0.183 e. The number of thiazole rings is 1. The first-order chi connectivity index (χ1) is 5.90. The summed E-state index contributed by atoms with van der Waals surface area (Å²) in [6, 6.07) is 3.75. The van der Waals surface area contributed by atoms with E-state index in [-0.39, 0.29) is 0 Å². The maximum atomic E-state index is 5.19. The van der Waals surface area contributed by atoms with Gasteiger partial charge in [0.1, 0.15) is 5.69 Å². The Bertz CT molecular complexity index is 353. The van der Waals surface area contributed by atoms with Crippen LogP contribution in [0.4, 0.5) is 5.13 Å². The van der Waals surface area contributed by atoms with Crippen molar-refractivity contribution in [3.8, 4) is 11.5 Å². The van der Waals surface area contributed by atoms with Crippen LogP contribution in [0.25, 0.3) is 11.5 Å². The summed E-state index contributed by atoms with van der Waals surface area (Å²) in [6.07, 6.45) is 1.65. The molecule has 2 aromatic rings. The minimum atomic E-state index is 0.813. The monoisotopic (exact) mass is 180 g/mol. The van der Waals surface area contributed by atoms with Gasteiger partial charge in [-0.3, -0.25) is 0 Å². The summed E-state index contributed by atoms with van der Waals surface area (Å²) >= 11 is 1.57. The van der Waals surface area contributed by atoms with E-state index in [4.69, 9.17) is 4.42 Å². The van der Waals surface area contributed by atoms with Crippen LogP contribution < -0.4 is 5.32 Å². The molecule has 2 aromatic heterocycles. The molecule has 2 rings (SSSR count). The molecule has 0 saturated carbocycles. The molecular weight excluding hydrogens is 172 g/mol. The summed E-state index contributed by atoms with van der Waals surface area (Å²) in [5, 5.41) is 5.84. The van der Waals surface area contributed by atoms with Crippen LogP contribution >= 0.6 is 11.3 Å². The molecule has 0 aliphatic carbocycles. The first kappa shape index (κ1) is 7.36. The van der Waals surface area contributed by atoms with Gasteiger partial charge in [0.2, 0.25) is 0 Å². The van der Waals surface area contributed by atoms with Crippen LogP contribution in [0, 0.1) is 0 Å². The highest BCUT2D eigenvalue weighted by Crippen LogP contribution is 2.24. The zero-order valence-corrected chi connectivity index (χ0v) is 7.39. The molecule has 0 unspecified atom stereocenters. The minimum absolute atomic E-state index is 0.813. The molecule has 0 aliphatic rings. The molecule has 0 radical (unpaired) electrons. The number of hydrogen-bond acceptors (Lipinski definition) is 4. The molecule has 62 valence electrons. The largest absolute Gasteiger partial charge is 0.463 e. The molecule has 0 amide bonds. The second-order valence-electron chi connectivity index (χ2n) is 2.27. The van der Waals surface area contributed by atoms with Crippen LogP contribution in [-0.2, 0) is 0 Å². The van der Waals surface area contributed by atoms with Crippen molar-refractivity contribution in [2.75, 3.05) is 12.4 Å². The average molecular weight is 180 g/mol. The Hall–Kier alpha value is -1.29. The summed E-state index contributed by atoms with van der Waals surface area (Å²) in [5.74, 6) is 0.813. The van der Waals surface area contributed by atoms with E-state index in [0.717, 1.165) is 16.6 Å². The number of hydrogen-bond donors (Lipinski definition) is 1. The lowest BCUT2D eigenvalue weighted by Crippen LogP contribution is -1.85. The minimum Gasteiger partial charge on any atom is -0.463 e. The maximum absolute atomic E-state index is 5.19. The molecule has 0 atom stereocenters. The van der Waals surface area contributed by atoms with Gasteiger partial charge in [-0.05, 0) is 12.1 Å². The summed E-state index contributed by atoms with van der Waals surface area (Å²) < 4.78 is 5.19. The average Bonchev–Trinajstić information content (AvgIpc) is 2.75. The summed E-state index contributed by atoms with van der Waals surface area (Å²) in [7, 11) is 1.85. The molecule has 0 bridgehead atoms. The van der Waals surface area contributed by atoms with Crippen molar-refractivity contribution >= 4 is 16.5 Å². The summed E-state index contributed by atoms with van der Waals surface area (Å²) in [4.78, 5) is 4.28. The van der Waals surface area contributed by atoms with Crippen LogP contribution in [0.1, 0.15) is 0 Å². The normalized spacial score (nSPS) is 10.1. The topological polar surface area (TPSA) is 38.1 Å². The third-order valence-corrected chi connectivity index (χ3v) is 2.35. The fourth-order valence-electron chi connectivity index (χ4n) is 0.926. The zero-order valence-electron chi connectivity index (χ0n) is 6.57. The smallest absolute Gasteiger partial charge is 0.183 e. The Morgan fingerprint density at radius 1 is 1.58 bits per heavy atom. The van der Waals surface area contributed by atoms with E-state index in [1.165, 1.54) is 0 Å². The van der Waals surface area contributed by atoms with Gasteiger partial charge in [-0.15, -0.1) is 11.3 Å².